The van der Waals surface area contributed by atoms with Gasteiger partial charge >= 0.3 is 5.97 Å². The zero-order valence-electron chi connectivity index (χ0n) is 8.35. The summed E-state index contributed by atoms with van der Waals surface area (Å²) in [6.07, 6.45) is 5.37. The molecule has 0 amide bonds. The van der Waals surface area contributed by atoms with Gasteiger partial charge in [0.05, 0.1) is 0 Å². The van der Waals surface area contributed by atoms with Gasteiger partial charge in [0.15, 0.2) is 0 Å². The first-order valence-corrected chi connectivity index (χ1v) is 4.98. The summed E-state index contributed by atoms with van der Waals surface area (Å²) in [6.45, 7) is 1.55. The number of carbonyl (C=O) groups is 1. The van der Waals surface area contributed by atoms with Crippen LogP contribution in [0.25, 0.3) is 10.4 Å². The summed E-state index contributed by atoms with van der Waals surface area (Å²) in [7, 11) is 0. The van der Waals surface area contributed by atoms with Crippen molar-refractivity contribution in [2.45, 2.75) is 51.2 Å². The fourth-order valence-corrected chi connectivity index (χ4v) is 1.57. The van der Waals surface area contributed by atoms with Crippen molar-refractivity contribution in [1.29, 1.82) is 0 Å². The smallest absolute Gasteiger partial charge is 0.314 e. The first-order chi connectivity index (χ1) is 6.74. The van der Waals surface area contributed by atoms with E-state index in [2.05, 4.69) is 10.0 Å². The van der Waals surface area contributed by atoms with Gasteiger partial charge in [0.25, 0.3) is 0 Å². The Bertz CT molecular complexity index is 242. The molecule has 1 saturated carbocycles. The minimum absolute atomic E-state index is 0.0348. The molecule has 1 aliphatic carbocycles. The summed E-state index contributed by atoms with van der Waals surface area (Å²) in [5, 5.41) is 3.30. The lowest BCUT2D eigenvalue weighted by Crippen LogP contribution is -2.26. The second kappa shape index (κ2) is 5.50. The Balaban J connectivity index is 2.34. The first-order valence-electron chi connectivity index (χ1n) is 4.98. The van der Waals surface area contributed by atoms with Gasteiger partial charge in [-0.05, 0) is 38.1 Å². The van der Waals surface area contributed by atoms with Gasteiger partial charge in [0, 0.05) is 4.91 Å². The standard InChI is InChI=1S/C9H15N3O2/c1-7(11-12-10)9(13)14-8-5-3-2-4-6-8/h7-8H,2-6H2,1H3. The van der Waals surface area contributed by atoms with Crippen LogP contribution in [0, 0.1) is 0 Å². The molecule has 1 atom stereocenters. The molecule has 1 unspecified atom stereocenters. The quantitative estimate of drug-likeness (QED) is 0.302. The van der Waals surface area contributed by atoms with Crippen molar-refractivity contribution >= 4 is 5.97 Å². The summed E-state index contributed by atoms with van der Waals surface area (Å²) in [6, 6.07) is -0.707. The molecular formula is C9H15N3O2. The van der Waals surface area contributed by atoms with E-state index in [0.717, 1.165) is 25.7 Å². The van der Waals surface area contributed by atoms with Crippen molar-refractivity contribution in [3.63, 3.8) is 0 Å². The molecular weight excluding hydrogens is 182 g/mol. The molecule has 78 valence electrons. The average molecular weight is 197 g/mol. The molecule has 0 aromatic rings. The van der Waals surface area contributed by atoms with E-state index in [0.29, 0.717) is 0 Å². The van der Waals surface area contributed by atoms with E-state index in [1.54, 1.807) is 6.92 Å². The number of azide groups is 1. The summed E-state index contributed by atoms with van der Waals surface area (Å²) in [5.41, 5.74) is 8.14. The summed E-state index contributed by atoms with van der Waals surface area (Å²) in [5.74, 6) is -0.408. The molecule has 1 aliphatic rings. The van der Waals surface area contributed by atoms with Crippen molar-refractivity contribution in [3.05, 3.63) is 10.4 Å². The Morgan fingerprint density at radius 3 is 2.71 bits per heavy atom. The third kappa shape index (κ3) is 3.26. The lowest BCUT2D eigenvalue weighted by molar-refractivity contribution is -0.151. The van der Waals surface area contributed by atoms with Crippen LogP contribution >= 0.6 is 0 Å². The Morgan fingerprint density at radius 2 is 2.14 bits per heavy atom. The molecule has 0 aromatic carbocycles. The van der Waals surface area contributed by atoms with E-state index in [-0.39, 0.29) is 6.10 Å². The van der Waals surface area contributed by atoms with Crippen molar-refractivity contribution in [2.75, 3.05) is 0 Å². The van der Waals surface area contributed by atoms with E-state index < -0.39 is 12.0 Å². The second-order valence-corrected chi connectivity index (χ2v) is 3.58. The van der Waals surface area contributed by atoms with Crippen LogP contribution in [0.3, 0.4) is 0 Å². The van der Waals surface area contributed by atoms with Crippen molar-refractivity contribution < 1.29 is 9.53 Å². The van der Waals surface area contributed by atoms with Crippen LogP contribution in [0.5, 0.6) is 0 Å². The number of esters is 1. The molecule has 0 aromatic heterocycles. The zero-order valence-corrected chi connectivity index (χ0v) is 8.35. The lowest BCUT2D eigenvalue weighted by Gasteiger charge is -2.22. The van der Waals surface area contributed by atoms with E-state index in [9.17, 15) is 4.79 Å². The predicted molar refractivity (Wildman–Crippen MR) is 51.6 cm³/mol. The highest BCUT2D eigenvalue weighted by molar-refractivity contribution is 5.75. The Labute approximate surface area is 83.1 Å². The third-order valence-corrected chi connectivity index (χ3v) is 2.40. The van der Waals surface area contributed by atoms with Gasteiger partial charge in [-0.25, -0.2) is 0 Å². The summed E-state index contributed by atoms with van der Waals surface area (Å²) < 4.78 is 5.20. The molecule has 1 fully saturated rings. The minimum Gasteiger partial charge on any atom is -0.462 e. The molecule has 0 heterocycles. The highest BCUT2D eigenvalue weighted by Gasteiger charge is 2.20. The largest absolute Gasteiger partial charge is 0.462 e. The normalized spacial score (nSPS) is 19.5. The van der Waals surface area contributed by atoms with Gasteiger partial charge in [-0.15, -0.1) is 0 Å². The molecule has 0 N–H and O–H groups in total. The van der Waals surface area contributed by atoms with Gasteiger partial charge in [0.2, 0.25) is 0 Å². The number of hydrogen-bond acceptors (Lipinski definition) is 3. The van der Waals surface area contributed by atoms with Gasteiger partial charge in [-0.1, -0.05) is 11.5 Å². The first kappa shape index (κ1) is 10.9. The maximum Gasteiger partial charge on any atom is 0.314 e. The Kier molecular flexibility index (Phi) is 4.26. The van der Waals surface area contributed by atoms with Crippen LogP contribution in [-0.2, 0) is 9.53 Å². The molecule has 1 rings (SSSR count). The SMILES string of the molecule is CC(N=[N+]=[N-])C(=O)OC1CCCCC1. The van der Waals surface area contributed by atoms with Crippen LogP contribution in [0.2, 0.25) is 0 Å². The van der Waals surface area contributed by atoms with E-state index in [1.165, 1.54) is 6.42 Å². The van der Waals surface area contributed by atoms with Crippen LogP contribution in [0.4, 0.5) is 0 Å². The van der Waals surface area contributed by atoms with Crippen molar-refractivity contribution in [1.82, 2.24) is 0 Å². The van der Waals surface area contributed by atoms with E-state index in [4.69, 9.17) is 10.3 Å². The van der Waals surface area contributed by atoms with Gasteiger partial charge in [0.1, 0.15) is 12.1 Å². The third-order valence-electron chi connectivity index (χ3n) is 2.40. The summed E-state index contributed by atoms with van der Waals surface area (Å²) >= 11 is 0. The lowest BCUT2D eigenvalue weighted by atomic mass is 9.98. The van der Waals surface area contributed by atoms with E-state index in [1.807, 2.05) is 0 Å². The van der Waals surface area contributed by atoms with Crippen LogP contribution in [0.1, 0.15) is 39.0 Å². The topological polar surface area (TPSA) is 75.1 Å². The fourth-order valence-electron chi connectivity index (χ4n) is 1.57. The molecule has 0 saturated heterocycles. The van der Waals surface area contributed by atoms with Crippen molar-refractivity contribution in [2.24, 2.45) is 5.11 Å². The number of hydrogen-bond donors (Lipinski definition) is 0. The van der Waals surface area contributed by atoms with E-state index >= 15 is 0 Å². The monoisotopic (exact) mass is 197 g/mol. The number of carbonyl (C=O) groups excluding carboxylic acids is 1. The molecule has 0 aliphatic heterocycles. The molecule has 0 radical (unpaired) electrons. The van der Waals surface area contributed by atoms with Crippen LogP contribution in [0.15, 0.2) is 5.11 Å². The summed E-state index contributed by atoms with van der Waals surface area (Å²) in [4.78, 5) is 13.9. The zero-order chi connectivity index (χ0) is 10.4. The van der Waals surface area contributed by atoms with Crippen molar-refractivity contribution in [3.8, 4) is 0 Å². The fraction of sp³-hybridized carbons (Fsp3) is 0.889. The molecule has 5 nitrogen and oxygen atoms in total. The highest BCUT2D eigenvalue weighted by atomic mass is 16.5. The number of nitrogens with zero attached hydrogens (tertiary/aromatic N) is 3. The molecule has 14 heavy (non-hydrogen) atoms. The van der Waals surface area contributed by atoms with Gasteiger partial charge in [-0.2, -0.15) is 0 Å². The average Bonchev–Trinajstić information content (AvgIpc) is 2.19. The van der Waals surface area contributed by atoms with Crippen LogP contribution < -0.4 is 0 Å². The number of rotatable bonds is 3. The molecule has 5 heteroatoms. The van der Waals surface area contributed by atoms with Gasteiger partial charge < -0.3 is 4.74 Å². The van der Waals surface area contributed by atoms with Gasteiger partial charge in [-0.3, -0.25) is 4.79 Å². The maximum atomic E-state index is 11.3. The van der Waals surface area contributed by atoms with Crippen LogP contribution in [-0.4, -0.2) is 18.1 Å². The number of ether oxygens (including phenoxy) is 1. The molecule has 0 spiro atoms. The minimum atomic E-state index is -0.707. The Morgan fingerprint density at radius 1 is 1.50 bits per heavy atom. The Hall–Kier alpha value is -1.22. The second-order valence-electron chi connectivity index (χ2n) is 3.58. The highest BCUT2D eigenvalue weighted by Crippen LogP contribution is 2.20. The predicted octanol–water partition coefficient (Wildman–Crippen LogP) is 2.56. The maximum absolute atomic E-state index is 11.3. The molecule has 0 bridgehead atoms.